The van der Waals surface area contributed by atoms with Crippen molar-refractivity contribution in [2.75, 3.05) is 11.9 Å². The quantitative estimate of drug-likeness (QED) is 0.791. The third-order valence-corrected chi connectivity index (χ3v) is 3.02. The van der Waals surface area contributed by atoms with Gasteiger partial charge in [0.1, 0.15) is 5.82 Å². The minimum atomic E-state index is -0.522. The molecule has 6 heteroatoms. The fraction of sp³-hybridized carbons (Fsp3) is 0.125. The Morgan fingerprint density at radius 1 is 1.09 bits per heavy atom. The van der Waals surface area contributed by atoms with Crippen molar-refractivity contribution >= 4 is 17.6 Å². The highest BCUT2D eigenvalue weighted by Crippen LogP contribution is 2.09. The highest BCUT2D eigenvalue weighted by atomic mass is 19.1. The van der Waals surface area contributed by atoms with Gasteiger partial charge in [-0.3, -0.25) is 4.79 Å². The standard InChI is InChI=1S/C16H16FN3O2/c17-13-3-1-2-11(10-13)8-9-19-16(22)20-14-6-4-12(5-7-14)15(18)21/h1-7,10H,8-9H2,(H2,18,21)(H2,19,20,22). The van der Waals surface area contributed by atoms with E-state index < -0.39 is 5.91 Å². The van der Waals surface area contributed by atoms with Gasteiger partial charge in [0.05, 0.1) is 0 Å². The van der Waals surface area contributed by atoms with E-state index in [1.165, 1.54) is 24.3 Å². The Morgan fingerprint density at radius 3 is 2.45 bits per heavy atom. The third kappa shape index (κ3) is 4.59. The number of anilines is 1. The molecule has 114 valence electrons. The average molecular weight is 301 g/mol. The van der Waals surface area contributed by atoms with Crippen molar-refractivity contribution in [3.8, 4) is 0 Å². The van der Waals surface area contributed by atoms with Crippen LogP contribution >= 0.6 is 0 Å². The average Bonchev–Trinajstić information content (AvgIpc) is 2.48. The topological polar surface area (TPSA) is 84.2 Å². The van der Waals surface area contributed by atoms with Crippen LogP contribution in [-0.2, 0) is 6.42 Å². The highest BCUT2D eigenvalue weighted by molar-refractivity contribution is 5.94. The van der Waals surface area contributed by atoms with E-state index in [-0.39, 0.29) is 11.8 Å². The number of carbonyl (C=O) groups is 2. The Hall–Kier alpha value is -2.89. The van der Waals surface area contributed by atoms with Gasteiger partial charge in [-0.05, 0) is 48.4 Å². The smallest absolute Gasteiger partial charge is 0.319 e. The van der Waals surface area contributed by atoms with Crippen molar-refractivity contribution in [2.24, 2.45) is 5.73 Å². The second-order valence-corrected chi connectivity index (χ2v) is 4.70. The zero-order valence-electron chi connectivity index (χ0n) is 11.8. The van der Waals surface area contributed by atoms with Crippen LogP contribution in [0.4, 0.5) is 14.9 Å². The van der Waals surface area contributed by atoms with Crippen LogP contribution in [0.1, 0.15) is 15.9 Å². The number of amides is 3. The van der Waals surface area contributed by atoms with Crippen molar-refractivity contribution in [1.82, 2.24) is 5.32 Å². The van der Waals surface area contributed by atoms with Gasteiger partial charge in [0.25, 0.3) is 0 Å². The monoisotopic (exact) mass is 301 g/mol. The van der Waals surface area contributed by atoms with Gasteiger partial charge in [-0.15, -0.1) is 0 Å². The summed E-state index contributed by atoms with van der Waals surface area (Å²) in [6.07, 6.45) is 0.534. The molecular weight excluding hydrogens is 285 g/mol. The first-order chi connectivity index (χ1) is 10.5. The van der Waals surface area contributed by atoms with Crippen LogP contribution in [0, 0.1) is 5.82 Å². The summed E-state index contributed by atoms with van der Waals surface area (Å²) in [6, 6.07) is 12.1. The van der Waals surface area contributed by atoms with Gasteiger partial charge < -0.3 is 16.4 Å². The SMILES string of the molecule is NC(=O)c1ccc(NC(=O)NCCc2cccc(F)c2)cc1. The molecule has 0 atom stereocenters. The molecule has 0 aliphatic rings. The third-order valence-electron chi connectivity index (χ3n) is 3.02. The molecule has 0 aromatic heterocycles. The van der Waals surface area contributed by atoms with E-state index in [2.05, 4.69) is 10.6 Å². The fourth-order valence-electron chi connectivity index (χ4n) is 1.91. The van der Waals surface area contributed by atoms with Crippen molar-refractivity contribution in [2.45, 2.75) is 6.42 Å². The molecular formula is C16H16FN3O2. The number of nitrogens with one attached hydrogen (secondary N) is 2. The van der Waals surface area contributed by atoms with Gasteiger partial charge in [-0.25, -0.2) is 9.18 Å². The van der Waals surface area contributed by atoms with E-state index in [4.69, 9.17) is 5.73 Å². The van der Waals surface area contributed by atoms with Crippen molar-refractivity contribution in [3.05, 3.63) is 65.5 Å². The van der Waals surface area contributed by atoms with Crippen LogP contribution in [0.5, 0.6) is 0 Å². The van der Waals surface area contributed by atoms with E-state index >= 15 is 0 Å². The lowest BCUT2D eigenvalue weighted by Crippen LogP contribution is -2.30. The first kappa shape index (κ1) is 15.5. The summed E-state index contributed by atoms with van der Waals surface area (Å²) in [5, 5.41) is 5.30. The number of primary amides is 1. The number of halogens is 1. The summed E-state index contributed by atoms with van der Waals surface area (Å²) >= 11 is 0. The second-order valence-electron chi connectivity index (χ2n) is 4.70. The highest BCUT2D eigenvalue weighted by Gasteiger charge is 2.03. The van der Waals surface area contributed by atoms with Crippen LogP contribution in [-0.4, -0.2) is 18.5 Å². The molecule has 3 amide bonds. The van der Waals surface area contributed by atoms with Crippen LogP contribution in [0.15, 0.2) is 48.5 Å². The van der Waals surface area contributed by atoms with E-state index in [1.807, 2.05) is 0 Å². The molecule has 0 spiro atoms. The molecule has 22 heavy (non-hydrogen) atoms. The van der Waals surface area contributed by atoms with Crippen LogP contribution < -0.4 is 16.4 Å². The molecule has 0 radical (unpaired) electrons. The summed E-state index contributed by atoms with van der Waals surface area (Å²) in [5.74, 6) is -0.817. The van der Waals surface area contributed by atoms with Crippen molar-refractivity contribution in [3.63, 3.8) is 0 Å². The molecule has 2 aromatic carbocycles. The number of rotatable bonds is 5. The fourth-order valence-corrected chi connectivity index (χ4v) is 1.91. The predicted octanol–water partition coefficient (Wildman–Crippen LogP) is 2.29. The molecule has 5 nitrogen and oxygen atoms in total. The number of benzene rings is 2. The maximum atomic E-state index is 13.0. The van der Waals surface area contributed by atoms with E-state index in [0.717, 1.165) is 5.56 Å². The lowest BCUT2D eigenvalue weighted by Gasteiger charge is -2.08. The number of nitrogens with two attached hydrogens (primary N) is 1. The summed E-state index contributed by atoms with van der Waals surface area (Å²) in [7, 11) is 0. The zero-order valence-corrected chi connectivity index (χ0v) is 11.8. The summed E-state index contributed by atoms with van der Waals surface area (Å²) in [5.41, 5.74) is 6.86. The minimum Gasteiger partial charge on any atom is -0.366 e. The molecule has 0 saturated carbocycles. The van der Waals surface area contributed by atoms with Gasteiger partial charge >= 0.3 is 6.03 Å². The van der Waals surface area contributed by atoms with Crippen LogP contribution in [0.25, 0.3) is 0 Å². The molecule has 2 aromatic rings. The second kappa shape index (κ2) is 7.21. The zero-order chi connectivity index (χ0) is 15.9. The van der Waals surface area contributed by atoms with E-state index in [0.29, 0.717) is 24.2 Å². The predicted molar refractivity (Wildman–Crippen MR) is 82.1 cm³/mol. The maximum Gasteiger partial charge on any atom is 0.319 e. The number of carbonyl (C=O) groups excluding carboxylic acids is 2. The van der Waals surface area contributed by atoms with Crippen molar-refractivity contribution < 1.29 is 14.0 Å². The van der Waals surface area contributed by atoms with Gasteiger partial charge in [-0.1, -0.05) is 12.1 Å². The Labute approximate surface area is 127 Å². The van der Waals surface area contributed by atoms with Crippen molar-refractivity contribution in [1.29, 1.82) is 0 Å². The Kier molecular flexibility index (Phi) is 5.08. The molecule has 0 aliphatic heterocycles. The van der Waals surface area contributed by atoms with Gasteiger partial charge in [0, 0.05) is 17.8 Å². The summed E-state index contributed by atoms with van der Waals surface area (Å²) in [6.45, 7) is 0.384. The summed E-state index contributed by atoms with van der Waals surface area (Å²) < 4.78 is 13.0. The van der Waals surface area contributed by atoms with Gasteiger partial charge in [0.2, 0.25) is 5.91 Å². The summed E-state index contributed by atoms with van der Waals surface area (Å²) in [4.78, 5) is 22.6. The number of hydrogen-bond donors (Lipinski definition) is 3. The Bertz CT molecular complexity index is 671. The van der Waals surface area contributed by atoms with Crippen LogP contribution in [0.2, 0.25) is 0 Å². The van der Waals surface area contributed by atoms with E-state index in [9.17, 15) is 14.0 Å². The molecule has 2 rings (SSSR count). The van der Waals surface area contributed by atoms with E-state index in [1.54, 1.807) is 24.3 Å². The molecule has 0 aliphatic carbocycles. The van der Waals surface area contributed by atoms with Gasteiger partial charge in [-0.2, -0.15) is 0 Å². The first-order valence-corrected chi connectivity index (χ1v) is 6.74. The minimum absolute atomic E-state index is 0.295. The normalized spacial score (nSPS) is 10.0. The lowest BCUT2D eigenvalue weighted by molar-refractivity contribution is 0.100. The molecule has 0 bridgehead atoms. The first-order valence-electron chi connectivity index (χ1n) is 6.74. The van der Waals surface area contributed by atoms with Gasteiger partial charge in [0.15, 0.2) is 0 Å². The number of hydrogen-bond acceptors (Lipinski definition) is 2. The molecule has 0 fully saturated rings. The largest absolute Gasteiger partial charge is 0.366 e. The van der Waals surface area contributed by atoms with Crippen LogP contribution in [0.3, 0.4) is 0 Å². The molecule has 0 saturated heterocycles. The molecule has 0 unspecified atom stereocenters. The Balaban J connectivity index is 1.79. The number of urea groups is 1. The molecule has 0 heterocycles. The molecule has 4 N–H and O–H groups in total. The Morgan fingerprint density at radius 2 is 1.82 bits per heavy atom. The lowest BCUT2D eigenvalue weighted by atomic mass is 10.1. The maximum absolute atomic E-state index is 13.0.